The Morgan fingerprint density at radius 3 is 2.83 bits per heavy atom. The summed E-state index contributed by atoms with van der Waals surface area (Å²) in [5.74, 6) is 2.61. The zero-order chi connectivity index (χ0) is 13.0. The summed E-state index contributed by atoms with van der Waals surface area (Å²) in [6.07, 6.45) is 6.43. The molecule has 5 heteroatoms. The van der Waals surface area contributed by atoms with E-state index in [1.54, 1.807) is 0 Å². The number of aromatic nitrogens is 2. The van der Waals surface area contributed by atoms with E-state index in [2.05, 4.69) is 24.0 Å². The van der Waals surface area contributed by atoms with Crippen LogP contribution in [0.3, 0.4) is 0 Å². The van der Waals surface area contributed by atoms with Gasteiger partial charge in [-0.05, 0) is 18.8 Å². The Kier molecular flexibility index (Phi) is 5.06. The van der Waals surface area contributed by atoms with Crippen molar-refractivity contribution in [1.82, 2.24) is 10.1 Å². The predicted molar refractivity (Wildman–Crippen MR) is 74.2 cm³/mol. The summed E-state index contributed by atoms with van der Waals surface area (Å²) >= 11 is 1.95. The Morgan fingerprint density at radius 1 is 1.44 bits per heavy atom. The van der Waals surface area contributed by atoms with Crippen LogP contribution in [0, 0.1) is 5.92 Å². The molecule has 1 aliphatic rings. The van der Waals surface area contributed by atoms with E-state index < -0.39 is 0 Å². The van der Waals surface area contributed by atoms with Crippen LogP contribution >= 0.6 is 11.8 Å². The molecule has 1 fully saturated rings. The van der Waals surface area contributed by atoms with Gasteiger partial charge in [-0.3, -0.25) is 0 Å². The number of hydrogen-bond acceptors (Lipinski definition) is 5. The van der Waals surface area contributed by atoms with Crippen LogP contribution < -0.4 is 5.73 Å². The summed E-state index contributed by atoms with van der Waals surface area (Å²) < 4.78 is 5.27. The van der Waals surface area contributed by atoms with Gasteiger partial charge in [0, 0.05) is 5.25 Å². The van der Waals surface area contributed by atoms with E-state index in [0.29, 0.717) is 11.8 Å². The monoisotopic (exact) mass is 269 g/mol. The van der Waals surface area contributed by atoms with Crippen molar-refractivity contribution in [2.75, 3.05) is 0 Å². The molecule has 0 aliphatic heterocycles. The van der Waals surface area contributed by atoms with Crippen molar-refractivity contribution in [1.29, 1.82) is 0 Å². The molecule has 2 atom stereocenters. The largest absolute Gasteiger partial charge is 0.338 e. The van der Waals surface area contributed by atoms with E-state index in [0.717, 1.165) is 23.2 Å². The summed E-state index contributed by atoms with van der Waals surface area (Å²) in [5.41, 5.74) is 6.08. The second kappa shape index (κ2) is 6.57. The minimum Gasteiger partial charge on any atom is -0.338 e. The lowest BCUT2D eigenvalue weighted by atomic mass is 10.0. The van der Waals surface area contributed by atoms with Crippen molar-refractivity contribution in [2.45, 2.75) is 63.0 Å². The first-order valence-electron chi connectivity index (χ1n) is 6.90. The maximum absolute atomic E-state index is 6.08. The van der Waals surface area contributed by atoms with Crippen molar-refractivity contribution < 1.29 is 4.52 Å². The van der Waals surface area contributed by atoms with Crippen LogP contribution in [0.4, 0.5) is 0 Å². The summed E-state index contributed by atoms with van der Waals surface area (Å²) in [4.78, 5) is 4.42. The maximum Gasteiger partial charge on any atom is 0.243 e. The molecule has 0 saturated heterocycles. The van der Waals surface area contributed by atoms with Gasteiger partial charge in [0.25, 0.3) is 0 Å². The summed E-state index contributed by atoms with van der Waals surface area (Å²) in [7, 11) is 0. The van der Waals surface area contributed by atoms with E-state index in [1.807, 2.05) is 11.8 Å². The fourth-order valence-corrected chi connectivity index (χ4v) is 3.37. The molecule has 2 rings (SSSR count). The van der Waals surface area contributed by atoms with E-state index in [4.69, 9.17) is 10.3 Å². The zero-order valence-corrected chi connectivity index (χ0v) is 12.1. The smallest absolute Gasteiger partial charge is 0.243 e. The van der Waals surface area contributed by atoms with Crippen molar-refractivity contribution >= 4 is 11.8 Å². The first-order valence-corrected chi connectivity index (χ1v) is 7.95. The third-order valence-electron chi connectivity index (χ3n) is 3.78. The minimum atomic E-state index is -0.132. The van der Waals surface area contributed by atoms with Gasteiger partial charge in [0.15, 0.2) is 5.82 Å². The normalized spacial score (nSPS) is 20.2. The van der Waals surface area contributed by atoms with Gasteiger partial charge < -0.3 is 10.3 Å². The van der Waals surface area contributed by atoms with Crippen LogP contribution in [0.25, 0.3) is 0 Å². The molecule has 1 unspecified atom stereocenters. The molecule has 1 saturated carbocycles. The molecule has 18 heavy (non-hydrogen) atoms. The van der Waals surface area contributed by atoms with E-state index >= 15 is 0 Å². The Morgan fingerprint density at radius 2 is 2.17 bits per heavy atom. The molecule has 1 aliphatic carbocycles. The first-order chi connectivity index (χ1) is 8.70. The van der Waals surface area contributed by atoms with Crippen molar-refractivity contribution in [3.8, 4) is 0 Å². The van der Waals surface area contributed by atoms with Gasteiger partial charge in [0.1, 0.15) is 0 Å². The maximum atomic E-state index is 6.08. The Labute approximate surface area is 113 Å². The van der Waals surface area contributed by atoms with Crippen LogP contribution in [0.1, 0.15) is 63.7 Å². The Hall–Kier alpha value is -0.550. The van der Waals surface area contributed by atoms with E-state index in [1.165, 1.54) is 25.7 Å². The van der Waals surface area contributed by atoms with Crippen LogP contribution in [-0.4, -0.2) is 15.4 Å². The highest BCUT2D eigenvalue weighted by atomic mass is 32.2. The zero-order valence-electron chi connectivity index (χ0n) is 11.3. The number of hydrogen-bond donors (Lipinski definition) is 1. The van der Waals surface area contributed by atoms with Gasteiger partial charge in [-0.15, -0.1) is 0 Å². The molecule has 0 amide bonds. The summed E-state index contributed by atoms with van der Waals surface area (Å²) in [6, 6.07) is -0.132. The van der Waals surface area contributed by atoms with Crippen LogP contribution in [0.15, 0.2) is 4.52 Å². The lowest BCUT2D eigenvalue weighted by Gasteiger charge is -2.13. The predicted octanol–water partition coefficient (Wildman–Crippen LogP) is 3.29. The molecule has 1 aromatic rings. The lowest BCUT2D eigenvalue weighted by Crippen LogP contribution is -2.18. The standard InChI is InChI=1S/C13H23N3OS/c1-3-9(2)12(14)13-15-11(16-17-13)8-18-10-6-4-5-7-10/h9-10,12H,3-8,14H2,1-2H3/t9?,12-/m0/s1. The highest BCUT2D eigenvalue weighted by Crippen LogP contribution is 2.31. The summed E-state index contributed by atoms with van der Waals surface area (Å²) in [5, 5.41) is 4.82. The van der Waals surface area contributed by atoms with Gasteiger partial charge in [-0.25, -0.2) is 0 Å². The minimum absolute atomic E-state index is 0.132. The topological polar surface area (TPSA) is 64.9 Å². The molecule has 0 radical (unpaired) electrons. The van der Waals surface area contributed by atoms with Crippen molar-refractivity contribution in [3.05, 3.63) is 11.7 Å². The fourth-order valence-electron chi connectivity index (χ4n) is 2.21. The van der Waals surface area contributed by atoms with Crippen molar-refractivity contribution in [3.63, 3.8) is 0 Å². The quantitative estimate of drug-likeness (QED) is 0.858. The SMILES string of the molecule is CCC(C)[C@H](N)c1nc(CSC2CCCC2)no1. The molecule has 1 heterocycles. The average Bonchev–Trinajstić information content (AvgIpc) is 3.05. The van der Waals surface area contributed by atoms with Gasteiger partial charge in [-0.1, -0.05) is 38.3 Å². The molecule has 102 valence electrons. The van der Waals surface area contributed by atoms with Gasteiger partial charge in [-0.2, -0.15) is 16.7 Å². The molecule has 1 aromatic heterocycles. The van der Waals surface area contributed by atoms with E-state index in [9.17, 15) is 0 Å². The number of nitrogens with zero attached hydrogens (tertiary/aromatic N) is 2. The van der Waals surface area contributed by atoms with Crippen LogP contribution in [-0.2, 0) is 5.75 Å². The molecular weight excluding hydrogens is 246 g/mol. The third-order valence-corrected chi connectivity index (χ3v) is 5.14. The highest BCUT2D eigenvalue weighted by Gasteiger charge is 2.21. The molecule has 0 spiro atoms. The molecule has 4 nitrogen and oxygen atoms in total. The molecular formula is C13H23N3OS. The van der Waals surface area contributed by atoms with E-state index in [-0.39, 0.29) is 6.04 Å². The first kappa shape index (κ1) is 13.9. The van der Waals surface area contributed by atoms with Crippen molar-refractivity contribution in [2.24, 2.45) is 11.7 Å². The van der Waals surface area contributed by atoms with Crippen LogP contribution in [0.5, 0.6) is 0 Å². The van der Waals surface area contributed by atoms with Gasteiger partial charge in [0.2, 0.25) is 5.89 Å². The van der Waals surface area contributed by atoms with Gasteiger partial charge >= 0.3 is 0 Å². The second-order valence-corrected chi connectivity index (χ2v) is 6.47. The second-order valence-electron chi connectivity index (χ2n) is 5.18. The number of thioether (sulfide) groups is 1. The average molecular weight is 269 g/mol. The van der Waals surface area contributed by atoms with Gasteiger partial charge in [0.05, 0.1) is 11.8 Å². The number of nitrogens with two attached hydrogens (primary N) is 1. The molecule has 2 N–H and O–H groups in total. The summed E-state index contributed by atoms with van der Waals surface area (Å²) in [6.45, 7) is 4.24. The molecule has 0 aromatic carbocycles. The van der Waals surface area contributed by atoms with Crippen LogP contribution in [0.2, 0.25) is 0 Å². The Bertz CT molecular complexity index is 363. The fraction of sp³-hybridized carbons (Fsp3) is 0.846. The third kappa shape index (κ3) is 3.48. The number of rotatable bonds is 6. The lowest BCUT2D eigenvalue weighted by molar-refractivity contribution is 0.311. The molecule has 0 bridgehead atoms. The Balaban J connectivity index is 1.85. The highest BCUT2D eigenvalue weighted by molar-refractivity contribution is 7.99.